The van der Waals surface area contributed by atoms with Crippen LogP contribution in [0.5, 0.6) is 11.5 Å². The molecule has 1 N–H and O–H groups in total. The third-order valence-electron chi connectivity index (χ3n) is 4.77. The van der Waals surface area contributed by atoms with Crippen LogP contribution in [0.4, 0.5) is 0 Å². The van der Waals surface area contributed by atoms with Crippen LogP contribution in [0.1, 0.15) is 19.3 Å². The van der Waals surface area contributed by atoms with E-state index in [-0.39, 0.29) is 24.0 Å². The van der Waals surface area contributed by atoms with Gasteiger partial charge in [-0.15, -0.1) is 24.0 Å². The summed E-state index contributed by atoms with van der Waals surface area (Å²) in [7, 11) is 5.46. The van der Waals surface area contributed by atoms with Crippen LogP contribution in [0.25, 0.3) is 0 Å². The van der Waals surface area contributed by atoms with Gasteiger partial charge in [0.2, 0.25) is 0 Å². The summed E-state index contributed by atoms with van der Waals surface area (Å²) in [5, 5.41) is 3.38. The lowest BCUT2D eigenvalue weighted by Crippen LogP contribution is -2.41. The van der Waals surface area contributed by atoms with Gasteiger partial charge in [-0.05, 0) is 49.4 Å². The van der Waals surface area contributed by atoms with Crippen LogP contribution in [-0.2, 0) is 9.47 Å². The monoisotopic (exact) mass is 521 g/mol. The lowest BCUT2D eigenvalue weighted by Gasteiger charge is -2.23. The number of methoxy groups -OCH3 is 1. The van der Waals surface area contributed by atoms with Crippen LogP contribution in [0, 0.1) is 5.92 Å². The number of rotatable bonds is 11. The molecule has 0 saturated carbocycles. The van der Waals surface area contributed by atoms with Crippen molar-refractivity contribution in [2.75, 3.05) is 67.3 Å². The molecule has 1 aliphatic rings. The van der Waals surface area contributed by atoms with Gasteiger partial charge in [0.1, 0.15) is 18.1 Å². The second-order valence-corrected chi connectivity index (χ2v) is 6.90. The minimum absolute atomic E-state index is 0. The zero-order chi connectivity index (χ0) is 20.0. The van der Waals surface area contributed by atoms with Gasteiger partial charge in [-0.2, -0.15) is 0 Å². The number of aliphatic imine (C=N–C) groups is 1. The topological polar surface area (TPSA) is 64.6 Å². The largest absolute Gasteiger partial charge is 0.497 e. The zero-order valence-corrected chi connectivity index (χ0v) is 20.2. The fraction of sp³-hybridized carbons (Fsp3) is 0.667. The summed E-state index contributed by atoms with van der Waals surface area (Å²) >= 11 is 0. The Hall–Kier alpha value is -1.26. The predicted molar refractivity (Wildman–Crippen MR) is 127 cm³/mol. The Morgan fingerprint density at radius 3 is 2.52 bits per heavy atom. The van der Waals surface area contributed by atoms with Gasteiger partial charge < -0.3 is 29.2 Å². The van der Waals surface area contributed by atoms with Crippen LogP contribution in [-0.4, -0.2) is 78.2 Å². The molecular formula is C21H36IN3O4. The minimum atomic E-state index is 0. The number of guanidine groups is 1. The van der Waals surface area contributed by atoms with Gasteiger partial charge in [0.25, 0.3) is 0 Å². The van der Waals surface area contributed by atoms with Crippen molar-refractivity contribution in [2.24, 2.45) is 10.9 Å². The maximum atomic E-state index is 5.80. The molecule has 0 aromatic heterocycles. The maximum Gasteiger partial charge on any atom is 0.193 e. The summed E-state index contributed by atoms with van der Waals surface area (Å²) in [6.45, 7) is 5.53. The van der Waals surface area contributed by atoms with Gasteiger partial charge in [0, 0.05) is 47.1 Å². The fourth-order valence-electron chi connectivity index (χ4n) is 3.00. The number of hydrogen-bond donors (Lipinski definition) is 1. The van der Waals surface area contributed by atoms with E-state index in [2.05, 4.69) is 15.2 Å². The van der Waals surface area contributed by atoms with Crippen molar-refractivity contribution in [3.8, 4) is 11.5 Å². The van der Waals surface area contributed by atoms with Gasteiger partial charge in [-0.25, -0.2) is 0 Å². The lowest BCUT2D eigenvalue weighted by atomic mass is 10.0. The molecule has 8 heteroatoms. The summed E-state index contributed by atoms with van der Waals surface area (Å²) in [4.78, 5) is 6.39. The second-order valence-electron chi connectivity index (χ2n) is 6.90. The van der Waals surface area contributed by atoms with Crippen LogP contribution in [0.3, 0.4) is 0 Å². The molecule has 166 valence electrons. The Kier molecular flexibility index (Phi) is 13.8. The van der Waals surface area contributed by atoms with Crippen LogP contribution >= 0.6 is 24.0 Å². The number of halogens is 1. The number of benzene rings is 1. The van der Waals surface area contributed by atoms with Crippen LogP contribution in [0.2, 0.25) is 0 Å². The van der Waals surface area contributed by atoms with Gasteiger partial charge >= 0.3 is 0 Å². The van der Waals surface area contributed by atoms with Crippen molar-refractivity contribution in [3.05, 3.63) is 24.3 Å². The highest BCUT2D eigenvalue weighted by Crippen LogP contribution is 2.17. The molecule has 0 spiro atoms. The number of hydrogen-bond acceptors (Lipinski definition) is 5. The van der Waals surface area contributed by atoms with E-state index >= 15 is 0 Å². The van der Waals surface area contributed by atoms with E-state index in [9.17, 15) is 0 Å². The Bertz CT molecular complexity index is 566. The molecule has 0 atom stereocenters. The van der Waals surface area contributed by atoms with Crippen molar-refractivity contribution in [1.29, 1.82) is 0 Å². The number of likely N-dealkylation sites (N-methyl/N-ethyl adjacent to an activating group) is 1. The molecule has 1 saturated heterocycles. The molecule has 1 heterocycles. The first-order valence-corrected chi connectivity index (χ1v) is 10.1. The van der Waals surface area contributed by atoms with Crippen molar-refractivity contribution >= 4 is 29.9 Å². The summed E-state index contributed by atoms with van der Waals surface area (Å²) < 4.78 is 22.1. The Labute approximate surface area is 192 Å². The molecule has 7 nitrogen and oxygen atoms in total. The molecule has 0 radical (unpaired) electrons. The zero-order valence-electron chi connectivity index (χ0n) is 17.9. The standard InChI is InChI=1S/C21H35N3O4.HI/c1-22-21(23-11-4-13-27-17-18-9-14-26-15-10-18)24(2)12-16-28-20-7-5-19(25-3)6-8-20;/h5-8,18H,4,9-17H2,1-3H3,(H,22,23);1H. The van der Waals surface area contributed by atoms with Gasteiger partial charge in [0.15, 0.2) is 5.96 Å². The van der Waals surface area contributed by atoms with E-state index in [4.69, 9.17) is 18.9 Å². The molecule has 0 unspecified atom stereocenters. The van der Waals surface area contributed by atoms with Crippen molar-refractivity contribution < 1.29 is 18.9 Å². The highest BCUT2D eigenvalue weighted by atomic mass is 127. The first kappa shape index (κ1) is 25.8. The van der Waals surface area contributed by atoms with Gasteiger partial charge in [-0.1, -0.05) is 0 Å². The lowest BCUT2D eigenvalue weighted by molar-refractivity contribution is 0.0203. The quantitative estimate of drug-likeness (QED) is 0.209. The third-order valence-corrected chi connectivity index (χ3v) is 4.77. The molecule has 29 heavy (non-hydrogen) atoms. The SMILES string of the molecule is CN=C(NCCCOCC1CCOCC1)N(C)CCOc1ccc(OC)cc1.I. The average molecular weight is 521 g/mol. The number of nitrogens with one attached hydrogen (secondary N) is 1. The molecule has 0 amide bonds. The minimum Gasteiger partial charge on any atom is -0.497 e. The van der Waals surface area contributed by atoms with E-state index < -0.39 is 0 Å². The molecule has 1 aromatic carbocycles. The van der Waals surface area contributed by atoms with Crippen molar-refractivity contribution in [1.82, 2.24) is 10.2 Å². The first-order valence-electron chi connectivity index (χ1n) is 10.1. The highest BCUT2D eigenvalue weighted by molar-refractivity contribution is 14.0. The van der Waals surface area contributed by atoms with Crippen molar-refractivity contribution in [3.63, 3.8) is 0 Å². The Balaban J connectivity index is 0.00000420. The molecule has 2 rings (SSSR count). The normalized spacial score (nSPS) is 14.8. The number of nitrogens with zero attached hydrogens (tertiary/aromatic N) is 2. The summed E-state index contributed by atoms with van der Waals surface area (Å²) in [6.07, 6.45) is 3.20. The summed E-state index contributed by atoms with van der Waals surface area (Å²) in [5.74, 6) is 3.18. The van der Waals surface area contributed by atoms with Crippen molar-refractivity contribution in [2.45, 2.75) is 19.3 Å². The van der Waals surface area contributed by atoms with E-state index in [1.807, 2.05) is 31.3 Å². The maximum absolute atomic E-state index is 5.80. The second kappa shape index (κ2) is 15.6. The molecular weight excluding hydrogens is 485 g/mol. The smallest absolute Gasteiger partial charge is 0.193 e. The number of ether oxygens (including phenoxy) is 4. The molecule has 0 aliphatic carbocycles. The summed E-state index contributed by atoms with van der Waals surface area (Å²) in [5.41, 5.74) is 0. The summed E-state index contributed by atoms with van der Waals surface area (Å²) in [6, 6.07) is 7.60. The predicted octanol–water partition coefficient (Wildman–Crippen LogP) is 3.03. The Morgan fingerprint density at radius 1 is 1.17 bits per heavy atom. The van der Waals surface area contributed by atoms with Crippen LogP contribution in [0.15, 0.2) is 29.3 Å². The van der Waals surface area contributed by atoms with E-state index in [0.29, 0.717) is 12.5 Å². The van der Waals surface area contributed by atoms with E-state index in [0.717, 1.165) is 76.2 Å². The molecule has 0 bridgehead atoms. The fourth-order valence-corrected chi connectivity index (χ4v) is 3.00. The molecule has 1 aliphatic heterocycles. The van der Waals surface area contributed by atoms with E-state index in [1.54, 1.807) is 14.2 Å². The Morgan fingerprint density at radius 2 is 1.86 bits per heavy atom. The molecule has 1 fully saturated rings. The van der Waals surface area contributed by atoms with E-state index in [1.165, 1.54) is 0 Å². The molecule has 1 aromatic rings. The highest BCUT2D eigenvalue weighted by Gasteiger charge is 2.13. The van der Waals surface area contributed by atoms with Gasteiger partial charge in [0.05, 0.1) is 13.7 Å². The first-order chi connectivity index (χ1) is 13.7. The average Bonchev–Trinajstić information content (AvgIpc) is 2.74. The third kappa shape index (κ3) is 10.4. The van der Waals surface area contributed by atoms with Crippen LogP contribution < -0.4 is 14.8 Å². The van der Waals surface area contributed by atoms with Gasteiger partial charge in [-0.3, -0.25) is 4.99 Å².